The summed E-state index contributed by atoms with van der Waals surface area (Å²) in [5, 5.41) is 31.3. The number of aromatic amines is 1. The topological polar surface area (TPSA) is 106 Å². The summed E-state index contributed by atoms with van der Waals surface area (Å²) >= 11 is 0. The van der Waals surface area contributed by atoms with Gasteiger partial charge in [0, 0.05) is 11.8 Å². The molecule has 5 N–H and O–H groups in total. The zero-order valence-corrected chi connectivity index (χ0v) is 8.97. The zero-order valence-electron chi connectivity index (χ0n) is 8.97. The Hall–Kier alpha value is -1.37. The number of aliphatic hydroxyl groups is 2. The van der Waals surface area contributed by atoms with E-state index < -0.39 is 23.5 Å². The predicted molar refractivity (Wildman–Crippen MR) is 58.2 cm³/mol. The van der Waals surface area contributed by atoms with Crippen molar-refractivity contribution in [1.29, 1.82) is 0 Å². The molecule has 6 nitrogen and oxygen atoms in total. The van der Waals surface area contributed by atoms with Crippen LogP contribution in [0.1, 0.15) is 18.1 Å². The van der Waals surface area contributed by atoms with Gasteiger partial charge < -0.3 is 25.6 Å². The average Bonchev–Trinajstić information content (AvgIpc) is 2.28. The van der Waals surface area contributed by atoms with E-state index >= 15 is 0 Å². The molecule has 0 saturated carbocycles. The smallest absolute Gasteiger partial charge is 0.290 e. The van der Waals surface area contributed by atoms with Crippen molar-refractivity contribution in [2.24, 2.45) is 0 Å². The van der Waals surface area contributed by atoms with Crippen molar-refractivity contribution < 1.29 is 15.3 Å². The number of aliphatic hydroxyl groups excluding tert-OH is 2. The van der Waals surface area contributed by atoms with Gasteiger partial charge in [-0.3, -0.25) is 4.79 Å². The van der Waals surface area contributed by atoms with Crippen LogP contribution in [0.25, 0.3) is 0 Å². The van der Waals surface area contributed by atoms with Crippen molar-refractivity contribution in [2.45, 2.75) is 18.6 Å². The van der Waals surface area contributed by atoms with E-state index in [9.17, 15) is 15.0 Å². The quantitative estimate of drug-likeness (QED) is 0.448. The molecule has 0 aliphatic heterocycles. The molecule has 90 valence electrons. The summed E-state index contributed by atoms with van der Waals surface area (Å²) in [5.41, 5.74) is -0.346. The van der Waals surface area contributed by atoms with Gasteiger partial charge in [0.05, 0.1) is 6.10 Å². The average molecular weight is 228 g/mol. The fourth-order valence-corrected chi connectivity index (χ4v) is 1.33. The number of nitrogens with one attached hydrogen (secondary N) is 2. The molecule has 1 rings (SSSR count). The van der Waals surface area contributed by atoms with Gasteiger partial charge in [0.1, 0.15) is 6.10 Å². The Labute approximate surface area is 92.6 Å². The Morgan fingerprint density at radius 3 is 2.75 bits per heavy atom. The van der Waals surface area contributed by atoms with Crippen molar-refractivity contribution in [1.82, 2.24) is 10.3 Å². The maximum atomic E-state index is 10.9. The summed E-state index contributed by atoms with van der Waals surface area (Å²) in [7, 11) is 1.74. The van der Waals surface area contributed by atoms with Gasteiger partial charge in [-0.1, -0.05) is 0 Å². The summed E-state index contributed by atoms with van der Waals surface area (Å²) < 4.78 is 0. The van der Waals surface area contributed by atoms with E-state index in [1.165, 1.54) is 6.20 Å². The summed E-state index contributed by atoms with van der Waals surface area (Å²) in [6.45, 7) is 0.563. The Kier molecular flexibility index (Phi) is 4.48. The molecule has 0 fully saturated rings. The van der Waals surface area contributed by atoms with Gasteiger partial charge in [-0.2, -0.15) is 0 Å². The lowest BCUT2D eigenvalue weighted by molar-refractivity contribution is 0.0137. The third kappa shape index (κ3) is 3.06. The van der Waals surface area contributed by atoms with Crippen LogP contribution in [0.5, 0.6) is 5.75 Å². The van der Waals surface area contributed by atoms with Crippen molar-refractivity contribution in [3.63, 3.8) is 0 Å². The molecule has 1 aromatic rings. The van der Waals surface area contributed by atoms with Gasteiger partial charge in [0.25, 0.3) is 5.56 Å². The predicted octanol–water partition coefficient (Wildman–Crippen LogP) is -0.916. The minimum atomic E-state index is -1.13. The number of pyridine rings is 1. The lowest BCUT2D eigenvalue weighted by Crippen LogP contribution is -2.24. The monoisotopic (exact) mass is 228 g/mol. The van der Waals surface area contributed by atoms with Crippen LogP contribution in [-0.4, -0.2) is 40.0 Å². The summed E-state index contributed by atoms with van der Waals surface area (Å²) in [5.74, 6) is -0.475. The largest absolute Gasteiger partial charge is 0.503 e. The molecular formula is C10H16N2O4. The minimum Gasteiger partial charge on any atom is -0.503 e. The molecule has 2 unspecified atom stereocenters. The van der Waals surface area contributed by atoms with Crippen LogP contribution < -0.4 is 10.9 Å². The van der Waals surface area contributed by atoms with Crippen LogP contribution in [0.4, 0.5) is 0 Å². The highest BCUT2D eigenvalue weighted by Crippen LogP contribution is 2.19. The van der Waals surface area contributed by atoms with E-state index in [0.717, 1.165) is 6.07 Å². The fourth-order valence-electron chi connectivity index (χ4n) is 1.33. The van der Waals surface area contributed by atoms with E-state index in [0.29, 0.717) is 13.0 Å². The molecule has 0 aliphatic carbocycles. The van der Waals surface area contributed by atoms with Crippen LogP contribution in [0, 0.1) is 0 Å². The second kappa shape index (κ2) is 5.64. The number of aromatic hydroxyl groups is 1. The zero-order chi connectivity index (χ0) is 12.1. The Morgan fingerprint density at radius 1 is 1.50 bits per heavy atom. The van der Waals surface area contributed by atoms with Gasteiger partial charge in [-0.15, -0.1) is 0 Å². The molecule has 0 spiro atoms. The highest BCUT2D eigenvalue weighted by molar-refractivity contribution is 5.24. The van der Waals surface area contributed by atoms with Gasteiger partial charge in [0.15, 0.2) is 5.75 Å². The molecule has 16 heavy (non-hydrogen) atoms. The molecule has 0 saturated heterocycles. The first-order valence-electron chi connectivity index (χ1n) is 4.98. The third-order valence-corrected chi connectivity index (χ3v) is 2.30. The molecule has 0 radical (unpaired) electrons. The minimum absolute atomic E-state index is 0.278. The molecule has 0 bridgehead atoms. The highest BCUT2D eigenvalue weighted by Gasteiger charge is 2.18. The number of aromatic nitrogens is 1. The fraction of sp³-hybridized carbons (Fsp3) is 0.500. The van der Waals surface area contributed by atoms with Crippen LogP contribution in [0.2, 0.25) is 0 Å². The second-order valence-corrected chi connectivity index (χ2v) is 3.55. The lowest BCUT2D eigenvalue weighted by atomic mass is 10.0. The van der Waals surface area contributed by atoms with E-state index in [-0.39, 0.29) is 5.56 Å². The Balaban J connectivity index is 2.75. The Bertz CT molecular complexity index is 391. The summed E-state index contributed by atoms with van der Waals surface area (Å²) in [6.07, 6.45) is -0.429. The van der Waals surface area contributed by atoms with Crippen LogP contribution in [-0.2, 0) is 0 Å². The molecule has 1 heterocycles. The van der Waals surface area contributed by atoms with Crippen molar-refractivity contribution in [3.05, 3.63) is 28.2 Å². The standard InChI is InChI=1S/C10H16N2O4/c1-11-3-2-7(13)9(15)6-4-8(14)10(16)12-5-6/h4-5,7,9,11,13-15H,2-3H2,1H3,(H,12,16). The number of rotatable bonds is 5. The normalized spacial score (nSPS) is 14.7. The van der Waals surface area contributed by atoms with Crippen LogP contribution >= 0.6 is 0 Å². The van der Waals surface area contributed by atoms with Gasteiger partial charge in [-0.25, -0.2) is 0 Å². The van der Waals surface area contributed by atoms with Gasteiger partial charge in [-0.05, 0) is 26.1 Å². The van der Waals surface area contributed by atoms with E-state index in [2.05, 4.69) is 10.3 Å². The van der Waals surface area contributed by atoms with E-state index in [4.69, 9.17) is 5.11 Å². The molecule has 2 atom stereocenters. The Morgan fingerprint density at radius 2 is 2.19 bits per heavy atom. The van der Waals surface area contributed by atoms with Crippen molar-refractivity contribution >= 4 is 0 Å². The van der Waals surface area contributed by atoms with E-state index in [1.54, 1.807) is 7.05 Å². The first-order valence-corrected chi connectivity index (χ1v) is 4.98. The van der Waals surface area contributed by atoms with Gasteiger partial charge in [0.2, 0.25) is 0 Å². The maximum Gasteiger partial charge on any atom is 0.290 e. The third-order valence-electron chi connectivity index (χ3n) is 2.30. The highest BCUT2D eigenvalue weighted by atomic mass is 16.3. The first-order chi connectivity index (χ1) is 7.56. The van der Waals surface area contributed by atoms with Crippen molar-refractivity contribution in [2.75, 3.05) is 13.6 Å². The lowest BCUT2D eigenvalue weighted by Gasteiger charge is -2.17. The number of hydrogen-bond donors (Lipinski definition) is 5. The SMILES string of the molecule is CNCCC(O)C(O)c1c[nH]c(=O)c(O)c1. The van der Waals surface area contributed by atoms with Gasteiger partial charge >= 0.3 is 0 Å². The summed E-state index contributed by atoms with van der Waals surface area (Å²) in [6, 6.07) is 1.14. The molecule has 0 aliphatic rings. The summed E-state index contributed by atoms with van der Waals surface area (Å²) in [4.78, 5) is 13.1. The number of H-pyrrole nitrogens is 1. The maximum absolute atomic E-state index is 10.9. The van der Waals surface area contributed by atoms with Crippen molar-refractivity contribution in [3.8, 4) is 5.75 Å². The molecule has 0 amide bonds. The van der Waals surface area contributed by atoms with E-state index in [1.807, 2.05) is 0 Å². The first kappa shape index (κ1) is 12.7. The molecule has 6 heteroatoms. The second-order valence-electron chi connectivity index (χ2n) is 3.55. The molecular weight excluding hydrogens is 212 g/mol. The number of hydrogen-bond acceptors (Lipinski definition) is 5. The molecule has 0 aromatic carbocycles. The molecule has 1 aromatic heterocycles. The van der Waals surface area contributed by atoms with Crippen LogP contribution in [0.3, 0.4) is 0 Å². The van der Waals surface area contributed by atoms with Crippen LogP contribution in [0.15, 0.2) is 17.1 Å².